The first kappa shape index (κ1) is 12.8. The zero-order valence-electron chi connectivity index (χ0n) is 9.85. The van der Waals surface area contributed by atoms with Crippen LogP contribution in [0.4, 0.5) is 0 Å². The van der Waals surface area contributed by atoms with E-state index in [1.807, 2.05) is 24.3 Å². The van der Waals surface area contributed by atoms with Gasteiger partial charge in [-0.15, -0.1) is 11.3 Å². The second kappa shape index (κ2) is 5.32. The molecule has 0 saturated carbocycles. The topological polar surface area (TPSA) is 51.3 Å². The van der Waals surface area contributed by atoms with Crippen LogP contribution in [0.3, 0.4) is 0 Å². The van der Waals surface area contributed by atoms with E-state index in [4.69, 9.17) is 21.7 Å². The number of carbonyl (C=O) groups excluding carboxylic acids is 1. The molecule has 4 nitrogen and oxygen atoms in total. The molecule has 0 unspecified atom stereocenters. The van der Waals surface area contributed by atoms with Crippen LogP contribution in [0.1, 0.15) is 10.5 Å². The van der Waals surface area contributed by atoms with Gasteiger partial charge >= 0.3 is 5.97 Å². The first-order valence-corrected chi connectivity index (χ1v) is 6.34. The number of nitrogens with one attached hydrogen (secondary N) is 1. The molecular formula is C12H11NO3S2. The molecule has 0 atom stereocenters. The van der Waals surface area contributed by atoms with Crippen molar-refractivity contribution in [3.8, 4) is 16.2 Å². The quantitative estimate of drug-likeness (QED) is 0.693. The van der Waals surface area contributed by atoms with Crippen molar-refractivity contribution in [2.24, 2.45) is 0 Å². The van der Waals surface area contributed by atoms with Gasteiger partial charge in [-0.2, -0.15) is 0 Å². The normalized spacial score (nSPS) is 10.1. The molecule has 1 aromatic heterocycles. The number of esters is 1. The maximum absolute atomic E-state index is 11.7. The van der Waals surface area contributed by atoms with E-state index in [0.29, 0.717) is 9.65 Å². The Kier molecular flexibility index (Phi) is 3.78. The van der Waals surface area contributed by atoms with Crippen LogP contribution < -0.4 is 4.74 Å². The largest absolute Gasteiger partial charge is 0.497 e. The van der Waals surface area contributed by atoms with E-state index in [2.05, 4.69) is 4.98 Å². The Bertz CT molecular complexity index is 630. The van der Waals surface area contributed by atoms with E-state index in [9.17, 15) is 4.79 Å². The molecule has 18 heavy (non-hydrogen) atoms. The number of hydrogen-bond donors (Lipinski definition) is 1. The monoisotopic (exact) mass is 281 g/mol. The van der Waals surface area contributed by atoms with E-state index in [1.165, 1.54) is 18.4 Å². The highest BCUT2D eigenvalue weighted by molar-refractivity contribution is 7.73. The van der Waals surface area contributed by atoms with Gasteiger partial charge in [0.05, 0.1) is 19.1 Å². The van der Waals surface area contributed by atoms with Crippen molar-refractivity contribution in [1.82, 2.24) is 4.98 Å². The first-order valence-electron chi connectivity index (χ1n) is 5.11. The maximum atomic E-state index is 11.7. The standard InChI is InChI=1S/C12H11NO3S2/c1-15-8-5-3-4-7(6-8)10-9(11(14)16-2)13-12(17)18-10/h3-6H,1-2H3,(H,13,17). The number of hydrogen-bond acceptors (Lipinski definition) is 5. The van der Waals surface area contributed by atoms with Crippen molar-refractivity contribution in [3.63, 3.8) is 0 Å². The average Bonchev–Trinajstić information content (AvgIpc) is 2.80. The van der Waals surface area contributed by atoms with Crippen LogP contribution in [0.25, 0.3) is 10.4 Å². The molecule has 1 aromatic carbocycles. The third kappa shape index (κ3) is 2.44. The predicted octanol–water partition coefficient (Wildman–Crippen LogP) is 3.27. The molecule has 1 N–H and O–H groups in total. The minimum absolute atomic E-state index is 0.376. The van der Waals surface area contributed by atoms with Crippen LogP contribution in [0, 0.1) is 3.95 Å². The summed E-state index contributed by atoms with van der Waals surface area (Å²) in [5.41, 5.74) is 1.24. The van der Waals surface area contributed by atoms with Gasteiger partial charge in [-0.25, -0.2) is 4.79 Å². The summed E-state index contributed by atoms with van der Waals surface area (Å²) in [4.78, 5) is 15.3. The molecule has 0 saturated heterocycles. The van der Waals surface area contributed by atoms with Crippen LogP contribution in [-0.4, -0.2) is 25.2 Å². The Morgan fingerprint density at radius 1 is 1.39 bits per heavy atom. The molecule has 0 aliphatic carbocycles. The fourth-order valence-corrected chi connectivity index (χ4v) is 2.71. The van der Waals surface area contributed by atoms with Crippen molar-refractivity contribution in [3.05, 3.63) is 33.9 Å². The number of carbonyl (C=O) groups is 1. The maximum Gasteiger partial charge on any atom is 0.356 e. The van der Waals surface area contributed by atoms with E-state index in [-0.39, 0.29) is 0 Å². The van der Waals surface area contributed by atoms with Gasteiger partial charge in [-0.1, -0.05) is 12.1 Å². The summed E-state index contributed by atoms with van der Waals surface area (Å²) in [6.07, 6.45) is 0. The second-order valence-corrected chi connectivity index (χ2v) is 5.13. The number of methoxy groups -OCH3 is 2. The van der Waals surface area contributed by atoms with Gasteiger partial charge in [0.25, 0.3) is 0 Å². The third-order valence-corrected chi connectivity index (χ3v) is 3.65. The lowest BCUT2D eigenvalue weighted by Gasteiger charge is -2.04. The molecule has 0 aliphatic heterocycles. The Labute approximate surface area is 113 Å². The Morgan fingerprint density at radius 2 is 2.17 bits per heavy atom. The van der Waals surface area contributed by atoms with E-state index in [1.54, 1.807) is 7.11 Å². The van der Waals surface area contributed by atoms with Crippen LogP contribution >= 0.6 is 23.6 Å². The zero-order valence-corrected chi connectivity index (χ0v) is 11.5. The molecule has 1 heterocycles. The molecule has 2 aromatic rings. The van der Waals surface area contributed by atoms with Crippen molar-refractivity contribution in [2.75, 3.05) is 14.2 Å². The SMILES string of the molecule is COC(=O)c1[nH]c(=S)sc1-c1cccc(OC)c1. The van der Waals surface area contributed by atoms with Gasteiger partial charge in [0, 0.05) is 0 Å². The minimum atomic E-state index is -0.430. The number of benzene rings is 1. The lowest BCUT2D eigenvalue weighted by Crippen LogP contribution is -2.03. The Hall–Kier alpha value is -1.66. The van der Waals surface area contributed by atoms with Crippen molar-refractivity contribution < 1.29 is 14.3 Å². The van der Waals surface area contributed by atoms with Gasteiger partial charge < -0.3 is 14.5 Å². The number of thiazole rings is 1. The van der Waals surface area contributed by atoms with Crippen molar-refractivity contribution in [2.45, 2.75) is 0 Å². The number of ether oxygens (including phenoxy) is 2. The van der Waals surface area contributed by atoms with Crippen LogP contribution in [0.15, 0.2) is 24.3 Å². The lowest BCUT2D eigenvalue weighted by atomic mass is 10.1. The smallest absolute Gasteiger partial charge is 0.356 e. The molecule has 0 aliphatic rings. The van der Waals surface area contributed by atoms with Crippen LogP contribution in [-0.2, 0) is 4.74 Å². The van der Waals surface area contributed by atoms with Crippen LogP contribution in [0.5, 0.6) is 5.75 Å². The van der Waals surface area contributed by atoms with Crippen molar-refractivity contribution >= 4 is 29.5 Å². The second-order valence-electron chi connectivity index (χ2n) is 3.44. The molecule has 6 heteroatoms. The summed E-state index contributed by atoms with van der Waals surface area (Å²) in [7, 11) is 2.94. The number of aromatic amines is 1. The van der Waals surface area contributed by atoms with Crippen molar-refractivity contribution in [1.29, 1.82) is 0 Å². The van der Waals surface area contributed by atoms with Gasteiger partial charge in [0.15, 0.2) is 3.95 Å². The number of aromatic nitrogens is 1. The highest BCUT2D eigenvalue weighted by Crippen LogP contribution is 2.31. The van der Waals surface area contributed by atoms with Crippen LogP contribution in [0.2, 0.25) is 0 Å². The zero-order chi connectivity index (χ0) is 13.1. The summed E-state index contributed by atoms with van der Waals surface area (Å²) >= 11 is 6.41. The van der Waals surface area contributed by atoms with E-state index >= 15 is 0 Å². The number of rotatable bonds is 3. The van der Waals surface area contributed by atoms with E-state index < -0.39 is 5.97 Å². The summed E-state index contributed by atoms with van der Waals surface area (Å²) in [5.74, 6) is 0.294. The first-order chi connectivity index (χ1) is 8.65. The molecule has 94 valence electrons. The molecule has 2 rings (SSSR count). The fourth-order valence-electron chi connectivity index (χ4n) is 1.54. The van der Waals surface area contributed by atoms with Gasteiger partial charge in [0.1, 0.15) is 11.4 Å². The summed E-state index contributed by atoms with van der Waals surface area (Å²) < 4.78 is 10.4. The highest BCUT2D eigenvalue weighted by atomic mass is 32.1. The molecule has 0 radical (unpaired) electrons. The molecule has 0 bridgehead atoms. The number of H-pyrrole nitrogens is 1. The van der Waals surface area contributed by atoms with Gasteiger partial charge in [0.2, 0.25) is 0 Å². The highest BCUT2D eigenvalue weighted by Gasteiger charge is 2.17. The van der Waals surface area contributed by atoms with E-state index in [0.717, 1.165) is 16.2 Å². The molecule has 0 fully saturated rings. The molecule has 0 spiro atoms. The molecule has 0 amide bonds. The molecular weight excluding hydrogens is 270 g/mol. The fraction of sp³-hybridized carbons (Fsp3) is 0.167. The predicted molar refractivity (Wildman–Crippen MR) is 72.8 cm³/mol. The average molecular weight is 281 g/mol. The minimum Gasteiger partial charge on any atom is -0.497 e. The summed E-state index contributed by atoms with van der Waals surface area (Å²) in [6.45, 7) is 0. The lowest BCUT2D eigenvalue weighted by molar-refractivity contribution is 0.0595. The third-order valence-electron chi connectivity index (χ3n) is 2.37. The van der Waals surface area contributed by atoms with Gasteiger partial charge in [-0.05, 0) is 29.9 Å². The summed E-state index contributed by atoms with van der Waals surface area (Å²) in [5, 5.41) is 0. The Morgan fingerprint density at radius 3 is 2.83 bits per heavy atom. The van der Waals surface area contributed by atoms with Gasteiger partial charge in [-0.3, -0.25) is 0 Å². The summed E-state index contributed by atoms with van der Waals surface area (Å²) in [6, 6.07) is 7.44. The Balaban J connectivity index is 2.56.